The van der Waals surface area contributed by atoms with Gasteiger partial charge in [-0.2, -0.15) is 0 Å². The van der Waals surface area contributed by atoms with Gasteiger partial charge < -0.3 is 10.0 Å². The minimum atomic E-state index is -0.878. The maximum atomic E-state index is 10.9. The summed E-state index contributed by atoms with van der Waals surface area (Å²) >= 11 is 3.55. The second-order valence-corrected chi connectivity index (χ2v) is 6.57. The quantitative estimate of drug-likeness (QED) is 0.877. The lowest BCUT2D eigenvalue weighted by Gasteiger charge is -2.25. The van der Waals surface area contributed by atoms with Crippen LogP contribution in [0.25, 0.3) is 0 Å². The number of halogens is 1. The Labute approximate surface area is 138 Å². The third-order valence-corrected chi connectivity index (χ3v) is 4.57. The highest BCUT2D eigenvalue weighted by atomic mass is 79.9. The summed E-state index contributed by atoms with van der Waals surface area (Å²) in [6, 6.07) is 13.7. The normalized spacial score (nSPS) is 14.3. The van der Waals surface area contributed by atoms with E-state index in [0.29, 0.717) is 5.56 Å². The van der Waals surface area contributed by atoms with Crippen LogP contribution in [0.4, 0.5) is 5.69 Å². The molecule has 2 aromatic carbocycles. The van der Waals surface area contributed by atoms with Crippen molar-refractivity contribution in [2.24, 2.45) is 0 Å². The minimum absolute atomic E-state index is 0.337. The smallest absolute Gasteiger partial charge is 0.335 e. The van der Waals surface area contributed by atoms with Gasteiger partial charge in [0.05, 0.1) is 5.56 Å². The predicted molar refractivity (Wildman–Crippen MR) is 91.5 cm³/mol. The zero-order valence-electron chi connectivity index (χ0n) is 12.3. The van der Waals surface area contributed by atoms with Crippen LogP contribution in [-0.4, -0.2) is 17.6 Å². The van der Waals surface area contributed by atoms with Gasteiger partial charge in [-0.05, 0) is 60.7 Å². The second-order valence-electron chi connectivity index (χ2n) is 5.65. The molecular formula is C18H18BrNO2. The molecule has 0 fully saturated rings. The predicted octanol–water partition coefficient (Wildman–Crippen LogP) is 4.49. The van der Waals surface area contributed by atoms with Gasteiger partial charge in [-0.25, -0.2) is 4.79 Å². The Morgan fingerprint density at radius 1 is 1.14 bits per heavy atom. The van der Waals surface area contributed by atoms with Gasteiger partial charge >= 0.3 is 5.97 Å². The molecule has 0 aromatic heterocycles. The largest absolute Gasteiger partial charge is 0.478 e. The molecule has 114 valence electrons. The first-order valence-corrected chi connectivity index (χ1v) is 8.28. The van der Waals surface area contributed by atoms with E-state index >= 15 is 0 Å². The van der Waals surface area contributed by atoms with Gasteiger partial charge in [0.15, 0.2) is 0 Å². The number of hydrogen-bond acceptors (Lipinski definition) is 2. The molecule has 0 atom stereocenters. The summed E-state index contributed by atoms with van der Waals surface area (Å²) in [6.45, 7) is 1.85. The molecule has 3 rings (SSSR count). The Bertz CT molecular complexity index is 682. The number of carboxylic acids is 1. The van der Waals surface area contributed by atoms with E-state index in [1.807, 2.05) is 12.1 Å². The molecular weight excluding hydrogens is 342 g/mol. The van der Waals surface area contributed by atoms with Gasteiger partial charge in [0.2, 0.25) is 0 Å². The molecule has 0 saturated carbocycles. The molecule has 4 heteroatoms. The number of aromatic carboxylic acids is 1. The van der Waals surface area contributed by atoms with E-state index in [9.17, 15) is 4.79 Å². The first kappa shape index (κ1) is 15.1. The summed E-state index contributed by atoms with van der Waals surface area (Å²) in [6.07, 6.45) is 3.50. The van der Waals surface area contributed by atoms with E-state index in [4.69, 9.17) is 5.11 Å². The fraction of sp³-hybridized carbons (Fsp3) is 0.278. The van der Waals surface area contributed by atoms with Gasteiger partial charge in [0.1, 0.15) is 0 Å². The average Bonchev–Trinajstić information content (AvgIpc) is 2.70. The van der Waals surface area contributed by atoms with Crippen LogP contribution in [0.3, 0.4) is 0 Å². The van der Waals surface area contributed by atoms with Crippen LogP contribution >= 0.6 is 15.9 Å². The number of nitrogens with zero attached hydrogens (tertiary/aromatic N) is 1. The molecule has 1 aliphatic rings. The van der Waals surface area contributed by atoms with Crippen molar-refractivity contribution >= 4 is 27.6 Å². The lowest BCUT2D eigenvalue weighted by molar-refractivity contribution is 0.0697. The lowest BCUT2D eigenvalue weighted by atomic mass is 10.1. The highest BCUT2D eigenvalue weighted by Gasteiger charge is 2.16. The zero-order chi connectivity index (χ0) is 15.5. The van der Waals surface area contributed by atoms with E-state index in [-0.39, 0.29) is 0 Å². The summed E-state index contributed by atoms with van der Waals surface area (Å²) < 4.78 is 1.12. The molecule has 0 aliphatic carbocycles. The maximum Gasteiger partial charge on any atom is 0.335 e. The van der Waals surface area contributed by atoms with Crippen molar-refractivity contribution in [2.75, 3.05) is 11.4 Å². The number of benzene rings is 2. The first-order chi connectivity index (χ1) is 10.6. The van der Waals surface area contributed by atoms with Gasteiger partial charge in [-0.15, -0.1) is 0 Å². The summed E-state index contributed by atoms with van der Waals surface area (Å²) in [7, 11) is 0. The minimum Gasteiger partial charge on any atom is -0.478 e. The molecule has 1 N–H and O–H groups in total. The molecule has 1 heterocycles. The number of carboxylic acid groups (broad SMARTS) is 1. The monoisotopic (exact) mass is 359 g/mol. The molecule has 0 amide bonds. The van der Waals surface area contributed by atoms with E-state index < -0.39 is 5.97 Å². The number of fused-ring (bicyclic) bond motifs is 1. The molecule has 0 unspecified atom stereocenters. The van der Waals surface area contributed by atoms with Gasteiger partial charge in [0.25, 0.3) is 0 Å². The molecule has 2 aromatic rings. The molecule has 3 nitrogen and oxygen atoms in total. The van der Waals surface area contributed by atoms with Crippen LogP contribution in [-0.2, 0) is 13.0 Å². The Kier molecular flexibility index (Phi) is 4.48. The molecule has 0 spiro atoms. The fourth-order valence-electron chi connectivity index (χ4n) is 2.94. The molecule has 0 saturated heterocycles. The maximum absolute atomic E-state index is 10.9. The third kappa shape index (κ3) is 3.33. The van der Waals surface area contributed by atoms with Crippen molar-refractivity contribution < 1.29 is 9.90 Å². The Hall–Kier alpha value is -1.81. The van der Waals surface area contributed by atoms with Crippen LogP contribution in [0.1, 0.15) is 34.3 Å². The van der Waals surface area contributed by atoms with Crippen LogP contribution < -0.4 is 4.90 Å². The van der Waals surface area contributed by atoms with Crippen LogP contribution in [0.2, 0.25) is 0 Å². The van der Waals surface area contributed by atoms with E-state index in [1.54, 1.807) is 12.1 Å². The lowest BCUT2D eigenvalue weighted by Crippen LogP contribution is -2.23. The van der Waals surface area contributed by atoms with Gasteiger partial charge in [-0.3, -0.25) is 0 Å². The molecule has 22 heavy (non-hydrogen) atoms. The molecule has 1 aliphatic heterocycles. The Morgan fingerprint density at radius 3 is 2.64 bits per heavy atom. The second kappa shape index (κ2) is 6.53. The summed E-state index contributed by atoms with van der Waals surface area (Å²) in [5, 5.41) is 8.98. The Morgan fingerprint density at radius 2 is 1.91 bits per heavy atom. The summed E-state index contributed by atoms with van der Waals surface area (Å²) in [4.78, 5) is 13.3. The average molecular weight is 360 g/mol. The molecule has 0 bridgehead atoms. The first-order valence-electron chi connectivity index (χ1n) is 7.49. The van der Waals surface area contributed by atoms with E-state index in [2.05, 4.69) is 39.0 Å². The van der Waals surface area contributed by atoms with Gasteiger partial charge in [-0.1, -0.05) is 28.1 Å². The van der Waals surface area contributed by atoms with Crippen molar-refractivity contribution in [1.82, 2.24) is 0 Å². The fourth-order valence-corrected chi connectivity index (χ4v) is 3.35. The number of hydrogen-bond donors (Lipinski definition) is 1. The van der Waals surface area contributed by atoms with Crippen LogP contribution in [0, 0.1) is 0 Å². The zero-order valence-corrected chi connectivity index (χ0v) is 13.8. The van der Waals surface area contributed by atoms with Gasteiger partial charge in [0, 0.05) is 23.2 Å². The van der Waals surface area contributed by atoms with Crippen molar-refractivity contribution in [3.8, 4) is 0 Å². The van der Waals surface area contributed by atoms with Crippen molar-refractivity contribution in [3.63, 3.8) is 0 Å². The van der Waals surface area contributed by atoms with Crippen LogP contribution in [0.15, 0.2) is 46.9 Å². The number of anilines is 1. The van der Waals surface area contributed by atoms with Crippen molar-refractivity contribution in [2.45, 2.75) is 25.8 Å². The van der Waals surface area contributed by atoms with E-state index in [1.165, 1.54) is 24.1 Å². The Balaban J connectivity index is 1.84. The highest BCUT2D eigenvalue weighted by Crippen LogP contribution is 2.30. The van der Waals surface area contributed by atoms with E-state index in [0.717, 1.165) is 29.5 Å². The third-order valence-electron chi connectivity index (χ3n) is 4.08. The van der Waals surface area contributed by atoms with Crippen LogP contribution in [0.5, 0.6) is 0 Å². The summed E-state index contributed by atoms with van der Waals surface area (Å²) in [5.74, 6) is -0.878. The SMILES string of the molecule is O=C(O)c1ccc(CN2CCCCc3cc(Br)ccc32)cc1. The number of rotatable bonds is 3. The van der Waals surface area contributed by atoms with Crippen molar-refractivity contribution in [1.29, 1.82) is 0 Å². The molecule has 0 radical (unpaired) electrons. The highest BCUT2D eigenvalue weighted by molar-refractivity contribution is 9.10. The van der Waals surface area contributed by atoms with Crippen molar-refractivity contribution in [3.05, 3.63) is 63.6 Å². The summed E-state index contributed by atoms with van der Waals surface area (Å²) in [5.41, 5.74) is 4.15. The number of carbonyl (C=O) groups is 1. The topological polar surface area (TPSA) is 40.5 Å². The standard InChI is InChI=1S/C18H18BrNO2/c19-16-8-9-17-15(11-16)3-1-2-10-20(17)12-13-4-6-14(7-5-13)18(21)22/h4-9,11H,1-3,10,12H2,(H,21,22). The number of aryl methyl sites for hydroxylation is 1.